The van der Waals surface area contributed by atoms with Crippen molar-refractivity contribution in [3.8, 4) is 5.75 Å². The standard InChI is InChI=1S/C18H20N2O2/c1-20(2)16-6-4-15(5-7-16)19-18(21)12-13-3-8-17-14(11-13)9-10-22-17/h3-8,11H,9-10,12H2,1-2H3,(H,19,21). The average molecular weight is 296 g/mol. The van der Waals surface area contributed by atoms with Crippen LogP contribution in [0.4, 0.5) is 11.4 Å². The van der Waals surface area contributed by atoms with Gasteiger partial charge in [0.15, 0.2) is 0 Å². The zero-order chi connectivity index (χ0) is 15.5. The summed E-state index contributed by atoms with van der Waals surface area (Å²) in [7, 11) is 3.98. The van der Waals surface area contributed by atoms with Crippen LogP contribution in [0.25, 0.3) is 0 Å². The summed E-state index contributed by atoms with van der Waals surface area (Å²) in [5.41, 5.74) is 4.14. The van der Waals surface area contributed by atoms with Crippen LogP contribution in [0.5, 0.6) is 5.75 Å². The van der Waals surface area contributed by atoms with Crippen molar-refractivity contribution in [3.05, 3.63) is 53.6 Å². The maximum Gasteiger partial charge on any atom is 0.228 e. The van der Waals surface area contributed by atoms with Crippen LogP contribution in [0, 0.1) is 0 Å². The van der Waals surface area contributed by atoms with Gasteiger partial charge in [-0.15, -0.1) is 0 Å². The van der Waals surface area contributed by atoms with E-state index >= 15 is 0 Å². The van der Waals surface area contributed by atoms with E-state index < -0.39 is 0 Å². The van der Waals surface area contributed by atoms with Gasteiger partial charge in [-0.2, -0.15) is 0 Å². The Labute approximate surface area is 130 Å². The van der Waals surface area contributed by atoms with Crippen LogP contribution in [0.15, 0.2) is 42.5 Å². The van der Waals surface area contributed by atoms with Crippen molar-refractivity contribution < 1.29 is 9.53 Å². The fourth-order valence-corrected chi connectivity index (χ4v) is 2.58. The Morgan fingerprint density at radius 3 is 2.68 bits per heavy atom. The third-order valence-electron chi connectivity index (χ3n) is 3.79. The molecule has 0 aromatic heterocycles. The first kappa shape index (κ1) is 14.4. The lowest BCUT2D eigenvalue weighted by molar-refractivity contribution is -0.115. The molecule has 2 aromatic carbocycles. The van der Waals surface area contributed by atoms with E-state index in [1.807, 2.05) is 55.4 Å². The number of benzene rings is 2. The lowest BCUT2D eigenvalue weighted by Crippen LogP contribution is -2.14. The molecule has 1 N–H and O–H groups in total. The molecule has 0 aliphatic carbocycles. The molecule has 0 unspecified atom stereocenters. The van der Waals surface area contributed by atoms with E-state index in [4.69, 9.17) is 4.74 Å². The molecule has 2 aromatic rings. The molecular formula is C18H20N2O2. The molecule has 0 saturated heterocycles. The summed E-state index contributed by atoms with van der Waals surface area (Å²) in [5.74, 6) is 0.944. The number of hydrogen-bond acceptors (Lipinski definition) is 3. The Balaban J connectivity index is 1.62. The molecule has 0 saturated carbocycles. The van der Waals surface area contributed by atoms with Gasteiger partial charge < -0.3 is 15.0 Å². The van der Waals surface area contributed by atoms with E-state index in [1.54, 1.807) is 0 Å². The van der Waals surface area contributed by atoms with Crippen molar-refractivity contribution >= 4 is 17.3 Å². The van der Waals surface area contributed by atoms with E-state index in [0.29, 0.717) is 6.42 Å². The molecule has 114 valence electrons. The van der Waals surface area contributed by atoms with Gasteiger partial charge in [0.05, 0.1) is 13.0 Å². The van der Waals surface area contributed by atoms with Gasteiger partial charge >= 0.3 is 0 Å². The lowest BCUT2D eigenvalue weighted by atomic mass is 10.1. The number of anilines is 2. The number of nitrogens with zero attached hydrogens (tertiary/aromatic N) is 1. The highest BCUT2D eigenvalue weighted by molar-refractivity contribution is 5.92. The number of ether oxygens (including phenoxy) is 1. The predicted molar refractivity (Wildman–Crippen MR) is 88.7 cm³/mol. The highest BCUT2D eigenvalue weighted by atomic mass is 16.5. The normalized spacial score (nSPS) is 12.5. The van der Waals surface area contributed by atoms with Gasteiger partial charge in [0.2, 0.25) is 5.91 Å². The molecular weight excluding hydrogens is 276 g/mol. The molecule has 0 atom stereocenters. The molecule has 1 aliphatic rings. The van der Waals surface area contributed by atoms with E-state index in [0.717, 1.165) is 35.7 Å². The van der Waals surface area contributed by atoms with Gasteiger partial charge in [0.1, 0.15) is 5.75 Å². The van der Waals surface area contributed by atoms with Gasteiger partial charge in [-0.1, -0.05) is 12.1 Å². The number of carbonyl (C=O) groups excluding carboxylic acids is 1. The van der Waals surface area contributed by atoms with Crippen LogP contribution < -0.4 is 15.0 Å². The molecule has 0 fully saturated rings. The van der Waals surface area contributed by atoms with Gasteiger partial charge in [-0.3, -0.25) is 4.79 Å². The van der Waals surface area contributed by atoms with Gasteiger partial charge in [-0.25, -0.2) is 0 Å². The monoisotopic (exact) mass is 296 g/mol. The van der Waals surface area contributed by atoms with Crippen LogP contribution >= 0.6 is 0 Å². The Bertz CT molecular complexity index is 678. The van der Waals surface area contributed by atoms with Gasteiger partial charge in [0.25, 0.3) is 0 Å². The van der Waals surface area contributed by atoms with Crippen LogP contribution in [-0.2, 0) is 17.6 Å². The number of fused-ring (bicyclic) bond motifs is 1. The summed E-state index contributed by atoms with van der Waals surface area (Å²) in [5, 5.41) is 2.94. The zero-order valence-corrected chi connectivity index (χ0v) is 12.9. The van der Waals surface area contributed by atoms with Crippen LogP contribution in [0.3, 0.4) is 0 Å². The van der Waals surface area contributed by atoms with Gasteiger partial charge in [0, 0.05) is 31.9 Å². The topological polar surface area (TPSA) is 41.6 Å². The first-order valence-electron chi connectivity index (χ1n) is 7.44. The van der Waals surface area contributed by atoms with Crippen molar-refractivity contribution in [2.45, 2.75) is 12.8 Å². The molecule has 1 aliphatic heterocycles. The molecule has 4 nitrogen and oxygen atoms in total. The average Bonchev–Trinajstić information content (AvgIpc) is 2.95. The molecule has 1 amide bonds. The molecule has 22 heavy (non-hydrogen) atoms. The van der Waals surface area contributed by atoms with Crippen LogP contribution in [0.1, 0.15) is 11.1 Å². The van der Waals surface area contributed by atoms with E-state index in [9.17, 15) is 4.79 Å². The minimum atomic E-state index is -0.00327. The van der Waals surface area contributed by atoms with E-state index in [2.05, 4.69) is 11.4 Å². The van der Waals surface area contributed by atoms with E-state index in [-0.39, 0.29) is 5.91 Å². The second-order valence-corrected chi connectivity index (χ2v) is 5.71. The maximum atomic E-state index is 12.1. The highest BCUT2D eigenvalue weighted by Gasteiger charge is 2.13. The molecule has 4 heteroatoms. The number of carbonyl (C=O) groups is 1. The maximum absolute atomic E-state index is 12.1. The number of nitrogens with one attached hydrogen (secondary N) is 1. The van der Waals surface area contributed by atoms with Crippen molar-refractivity contribution in [2.24, 2.45) is 0 Å². The number of rotatable bonds is 4. The van der Waals surface area contributed by atoms with Crippen molar-refractivity contribution in [2.75, 3.05) is 30.9 Å². The molecule has 0 bridgehead atoms. The second kappa shape index (κ2) is 6.10. The quantitative estimate of drug-likeness (QED) is 0.943. The summed E-state index contributed by atoms with van der Waals surface area (Å²) < 4.78 is 5.48. The molecule has 0 radical (unpaired) electrons. The predicted octanol–water partition coefficient (Wildman–Crippen LogP) is 2.87. The number of amides is 1. The van der Waals surface area contributed by atoms with E-state index in [1.165, 1.54) is 5.56 Å². The molecule has 0 spiro atoms. The molecule has 1 heterocycles. The Kier molecular flexibility index (Phi) is 4.00. The van der Waals surface area contributed by atoms with Crippen molar-refractivity contribution in [3.63, 3.8) is 0 Å². The fraction of sp³-hybridized carbons (Fsp3) is 0.278. The fourth-order valence-electron chi connectivity index (χ4n) is 2.58. The SMILES string of the molecule is CN(C)c1ccc(NC(=O)Cc2ccc3c(c2)CCO3)cc1. The summed E-state index contributed by atoms with van der Waals surface area (Å²) in [6.07, 6.45) is 1.31. The van der Waals surface area contributed by atoms with Crippen molar-refractivity contribution in [1.82, 2.24) is 0 Å². The minimum absolute atomic E-state index is 0.00327. The first-order valence-corrected chi connectivity index (χ1v) is 7.44. The van der Waals surface area contributed by atoms with Crippen LogP contribution in [-0.4, -0.2) is 26.6 Å². The number of hydrogen-bond donors (Lipinski definition) is 1. The van der Waals surface area contributed by atoms with Gasteiger partial charge in [-0.05, 0) is 41.5 Å². The highest BCUT2D eigenvalue weighted by Crippen LogP contribution is 2.26. The third kappa shape index (κ3) is 3.22. The molecule has 3 rings (SSSR count). The summed E-state index contributed by atoms with van der Waals surface area (Å²) in [6, 6.07) is 13.8. The Morgan fingerprint density at radius 2 is 1.95 bits per heavy atom. The minimum Gasteiger partial charge on any atom is -0.493 e. The Morgan fingerprint density at radius 1 is 1.18 bits per heavy atom. The summed E-state index contributed by atoms with van der Waals surface area (Å²) in [4.78, 5) is 14.2. The second-order valence-electron chi connectivity index (χ2n) is 5.71. The third-order valence-corrected chi connectivity index (χ3v) is 3.79. The largest absolute Gasteiger partial charge is 0.493 e. The smallest absolute Gasteiger partial charge is 0.228 e. The van der Waals surface area contributed by atoms with Crippen LogP contribution in [0.2, 0.25) is 0 Å². The Hall–Kier alpha value is -2.49. The summed E-state index contributed by atoms with van der Waals surface area (Å²) >= 11 is 0. The van der Waals surface area contributed by atoms with Crippen molar-refractivity contribution in [1.29, 1.82) is 0 Å². The summed E-state index contributed by atoms with van der Waals surface area (Å²) in [6.45, 7) is 0.739. The lowest BCUT2D eigenvalue weighted by Gasteiger charge is -2.13. The first-order chi connectivity index (χ1) is 10.6. The zero-order valence-electron chi connectivity index (χ0n) is 12.9.